The topological polar surface area (TPSA) is 59.4 Å². The van der Waals surface area contributed by atoms with Crippen LogP contribution in [0.25, 0.3) is 11.0 Å². The van der Waals surface area contributed by atoms with Crippen molar-refractivity contribution in [2.45, 2.75) is 58.2 Å². The summed E-state index contributed by atoms with van der Waals surface area (Å²) >= 11 is 0. The van der Waals surface area contributed by atoms with E-state index in [9.17, 15) is 9.18 Å². The highest BCUT2D eigenvalue weighted by molar-refractivity contribution is 5.78. The van der Waals surface area contributed by atoms with E-state index in [1.807, 2.05) is 56.0 Å². The number of carbonyl (C=O) groups excluding carboxylic acids is 1. The first-order valence-corrected chi connectivity index (χ1v) is 11.2. The van der Waals surface area contributed by atoms with E-state index in [2.05, 4.69) is 9.88 Å². The summed E-state index contributed by atoms with van der Waals surface area (Å²) in [4.78, 5) is 19.3. The summed E-state index contributed by atoms with van der Waals surface area (Å²) in [5, 5.41) is 3.46. The third-order valence-corrected chi connectivity index (χ3v) is 5.64. The normalized spacial score (nSPS) is 16.9. The Hall–Kier alpha value is -3.09. The van der Waals surface area contributed by atoms with Crippen molar-refractivity contribution in [1.82, 2.24) is 14.5 Å². The number of imidazole rings is 1. The number of likely N-dealkylation sites (tertiary alicyclic amines) is 1. The standard InChI is InChI=1S/C25H31FN4O2/c1-25(2,3)32-24(31)29-14-7-6-11-20(29)16-27-23-28-21-12-4-5-13-22(21)30(23)17-18-9-8-10-19(26)15-18/h4-5,8-10,12-13,15,20H,6-7,11,14,16-17H2,1-3H3,(H,27,28)/t20-/m0/s1. The minimum Gasteiger partial charge on any atom is -0.444 e. The predicted molar refractivity (Wildman–Crippen MR) is 124 cm³/mol. The molecular formula is C25H31FN4O2. The molecule has 1 saturated heterocycles. The number of benzene rings is 2. The van der Waals surface area contributed by atoms with Crippen molar-refractivity contribution in [3.63, 3.8) is 0 Å². The van der Waals surface area contributed by atoms with Gasteiger partial charge in [0.2, 0.25) is 5.95 Å². The van der Waals surface area contributed by atoms with Crippen molar-refractivity contribution in [2.24, 2.45) is 0 Å². The number of piperidine rings is 1. The zero-order valence-electron chi connectivity index (χ0n) is 19.0. The molecule has 0 unspecified atom stereocenters. The molecule has 1 aliphatic rings. The molecule has 2 heterocycles. The van der Waals surface area contributed by atoms with E-state index in [0.29, 0.717) is 25.6 Å². The monoisotopic (exact) mass is 438 g/mol. The minimum atomic E-state index is -0.522. The average molecular weight is 439 g/mol. The van der Waals surface area contributed by atoms with Crippen molar-refractivity contribution in [3.05, 3.63) is 59.9 Å². The molecule has 0 spiro atoms. The molecule has 2 aromatic carbocycles. The largest absolute Gasteiger partial charge is 0.444 e. The van der Waals surface area contributed by atoms with Gasteiger partial charge in [0, 0.05) is 13.1 Å². The van der Waals surface area contributed by atoms with Crippen LogP contribution in [0.3, 0.4) is 0 Å². The molecule has 7 heteroatoms. The van der Waals surface area contributed by atoms with Gasteiger partial charge in [-0.3, -0.25) is 0 Å². The first-order chi connectivity index (χ1) is 15.3. The lowest BCUT2D eigenvalue weighted by Crippen LogP contribution is -2.49. The first-order valence-electron chi connectivity index (χ1n) is 11.2. The van der Waals surface area contributed by atoms with Crippen LogP contribution in [0.4, 0.5) is 15.1 Å². The molecule has 1 aromatic heterocycles. The SMILES string of the molecule is CC(C)(C)OC(=O)N1CCCC[C@H]1CNc1nc2ccccc2n1Cc1cccc(F)c1. The van der Waals surface area contributed by atoms with Crippen molar-refractivity contribution in [1.29, 1.82) is 0 Å². The molecule has 1 amide bonds. The maximum absolute atomic E-state index is 13.7. The number of hydrogen-bond acceptors (Lipinski definition) is 4. The van der Waals surface area contributed by atoms with Crippen LogP contribution < -0.4 is 5.32 Å². The van der Waals surface area contributed by atoms with Crippen LogP contribution in [0.2, 0.25) is 0 Å². The average Bonchev–Trinajstić information content (AvgIpc) is 3.09. The molecular weight excluding hydrogens is 407 g/mol. The molecule has 3 aromatic rings. The number of hydrogen-bond donors (Lipinski definition) is 1. The van der Waals surface area contributed by atoms with Crippen LogP contribution in [-0.2, 0) is 11.3 Å². The summed E-state index contributed by atoms with van der Waals surface area (Å²) in [6, 6.07) is 14.6. The maximum atomic E-state index is 13.7. The number of nitrogens with one attached hydrogen (secondary N) is 1. The highest BCUT2D eigenvalue weighted by atomic mass is 19.1. The number of para-hydroxylation sites is 2. The second-order valence-electron chi connectivity index (χ2n) is 9.34. The lowest BCUT2D eigenvalue weighted by molar-refractivity contribution is 0.0114. The van der Waals surface area contributed by atoms with Gasteiger partial charge in [-0.2, -0.15) is 0 Å². The lowest BCUT2D eigenvalue weighted by atomic mass is 10.0. The Morgan fingerprint density at radius 3 is 2.78 bits per heavy atom. The van der Waals surface area contributed by atoms with Crippen molar-refractivity contribution < 1.29 is 13.9 Å². The van der Waals surface area contributed by atoms with Crippen LogP contribution in [0.5, 0.6) is 0 Å². The fraction of sp³-hybridized carbons (Fsp3) is 0.440. The molecule has 0 aliphatic carbocycles. The number of ether oxygens (including phenoxy) is 1. The Balaban J connectivity index is 1.55. The lowest BCUT2D eigenvalue weighted by Gasteiger charge is -2.36. The second-order valence-corrected chi connectivity index (χ2v) is 9.34. The molecule has 1 atom stereocenters. The number of carbonyl (C=O) groups is 1. The molecule has 32 heavy (non-hydrogen) atoms. The fourth-order valence-corrected chi connectivity index (χ4v) is 4.17. The summed E-state index contributed by atoms with van der Waals surface area (Å²) < 4.78 is 21.4. The molecule has 1 N–H and O–H groups in total. The van der Waals surface area contributed by atoms with Crippen LogP contribution in [0.1, 0.15) is 45.6 Å². The van der Waals surface area contributed by atoms with Crippen molar-refractivity contribution >= 4 is 23.1 Å². The van der Waals surface area contributed by atoms with E-state index in [1.54, 1.807) is 12.1 Å². The third kappa shape index (κ3) is 5.21. The van der Waals surface area contributed by atoms with E-state index in [-0.39, 0.29) is 18.0 Å². The zero-order valence-corrected chi connectivity index (χ0v) is 19.0. The third-order valence-electron chi connectivity index (χ3n) is 5.64. The summed E-state index contributed by atoms with van der Waals surface area (Å²) in [6.07, 6.45) is 2.70. The van der Waals surface area contributed by atoms with Gasteiger partial charge in [0.1, 0.15) is 11.4 Å². The molecule has 1 aliphatic heterocycles. The molecule has 0 radical (unpaired) electrons. The maximum Gasteiger partial charge on any atom is 0.410 e. The van der Waals surface area contributed by atoms with E-state index in [0.717, 1.165) is 35.9 Å². The van der Waals surface area contributed by atoms with Gasteiger partial charge in [-0.05, 0) is 69.9 Å². The smallest absolute Gasteiger partial charge is 0.410 e. The predicted octanol–water partition coefficient (Wildman–Crippen LogP) is 5.43. The Bertz CT molecular complexity index is 1090. The Labute approximate surface area is 188 Å². The molecule has 6 nitrogen and oxygen atoms in total. The number of amides is 1. The molecule has 4 rings (SSSR count). The van der Waals surface area contributed by atoms with Crippen molar-refractivity contribution in [2.75, 3.05) is 18.4 Å². The molecule has 170 valence electrons. The summed E-state index contributed by atoms with van der Waals surface area (Å²) in [7, 11) is 0. The van der Waals surface area contributed by atoms with E-state index in [1.165, 1.54) is 6.07 Å². The summed E-state index contributed by atoms with van der Waals surface area (Å²) in [5.74, 6) is 0.460. The first kappa shape index (κ1) is 22.1. The van der Waals surface area contributed by atoms with Gasteiger partial charge in [0.05, 0.1) is 23.6 Å². The number of aromatic nitrogens is 2. The van der Waals surface area contributed by atoms with Gasteiger partial charge >= 0.3 is 6.09 Å². The van der Waals surface area contributed by atoms with Crippen LogP contribution in [0.15, 0.2) is 48.5 Å². The van der Waals surface area contributed by atoms with E-state index in [4.69, 9.17) is 9.72 Å². The Morgan fingerprint density at radius 2 is 2.00 bits per heavy atom. The van der Waals surface area contributed by atoms with Gasteiger partial charge in [-0.15, -0.1) is 0 Å². The van der Waals surface area contributed by atoms with E-state index >= 15 is 0 Å². The number of fused-ring (bicyclic) bond motifs is 1. The fourth-order valence-electron chi connectivity index (χ4n) is 4.17. The molecule has 0 bridgehead atoms. The number of rotatable bonds is 5. The highest BCUT2D eigenvalue weighted by Gasteiger charge is 2.30. The van der Waals surface area contributed by atoms with Crippen LogP contribution in [0, 0.1) is 5.82 Å². The number of anilines is 1. The van der Waals surface area contributed by atoms with Gasteiger partial charge in [0.25, 0.3) is 0 Å². The Kier molecular flexibility index (Phi) is 6.35. The second kappa shape index (κ2) is 9.18. The van der Waals surface area contributed by atoms with Gasteiger partial charge < -0.3 is 19.5 Å². The molecule has 0 saturated carbocycles. The zero-order chi connectivity index (χ0) is 22.7. The van der Waals surface area contributed by atoms with E-state index < -0.39 is 5.60 Å². The molecule has 1 fully saturated rings. The van der Waals surface area contributed by atoms with Crippen LogP contribution >= 0.6 is 0 Å². The Morgan fingerprint density at radius 1 is 1.19 bits per heavy atom. The van der Waals surface area contributed by atoms with Gasteiger partial charge in [0.15, 0.2) is 0 Å². The quantitative estimate of drug-likeness (QED) is 0.577. The summed E-state index contributed by atoms with van der Waals surface area (Å²) in [6.45, 7) is 7.43. The minimum absolute atomic E-state index is 0.0287. The van der Waals surface area contributed by atoms with Crippen LogP contribution in [-0.4, -0.2) is 45.3 Å². The number of halogens is 1. The highest BCUT2D eigenvalue weighted by Crippen LogP contribution is 2.24. The van der Waals surface area contributed by atoms with Gasteiger partial charge in [-0.25, -0.2) is 14.2 Å². The van der Waals surface area contributed by atoms with Gasteiger partial charge in [-0.1, -0.05) is 24.3 Å². The number of nitrogens with zero attached hydrogens (tertiary/aromatic N) is 3. The van der Waals surface area contributed by atoms with Crippen molar-refractivity contribution in [3.8, 4) is 0 Å². The summed E-state index contributed by atoms with van der Waals surface area (Å²) in [5.41, 5.74) is 2.20.